The van der Waals surface area contributed by atoms with Crippen molar-refractivity contribution in [1.29, 1.82) is 0 Å². The largest absolute Gasteiger partial charge is 0.457 e. The molecule has 0 aliphatic rings. The van der Waals surface area contributed by atoms with E-state index in [-0.39, 0.29) is 17.1 Å². The first-order chi connectivity index (χ1) is 14.7. The van der Waals surface area contributed by atoms with E-state index >= 15 is 0 Å². The van der Waals surface area contributed by atoms with Gasteiger partial charge in [0.15, 0.2) is 0 Å². The lowest BCUT2D eigenvalue weighted by Crippen LogP contribution is -2.30. The molecule has 0 aliphatic carbocycles. The van der Waals surface area contributed by atoms with E-state index in [4.69, 9.17) is 20.8 Å². The lowest BCUT2D eigenvalue weighted by Gasteiger charge is -2.18. The summed E-state index contributed by atoms with van der Waals surface area (Å²) in [5, 5.41) is 1.07. The number of carbonyl (C=O) groups is 1. The van der Waals surface area contributed by atoms with Gasteiger partial charge >= 0.3 is 11.6 Å². The topological polar surface area (TPSA) is 93.9 Å². The van der Waals surface area contributed by atoms with Crippen molar-refractivity contribution in [3.05, 3.63) is 74.6 Å². The Bertz CT molecular complexity index is 1280. The van der Waals surface area contributed by atoms with Gasteiger partial charge in [0.05, 0.1) is 10.5 Å². The molecule has 0 bridgehead atoms. The summed E-state index contributed by atoms with van der Waals surface area (Å²) < 4.78 is 37.0. The van der Waals surface area contributed by atoms with Gasteiger partial charge in [-0.05, 0) is 48.9 Å². The Labute approximate surface area is 185 Å². The van der Waals surface area contributed by atoms with Gasteiger partial charge in [-0.15, -0.1) is 0 Å². The Hall–Kier alpha value is -2.68. The number of sulfonamides is 1. The van der Waals surface area contributed by atoms with Gasteiger partial charge in [-0.3, -0.25) is 0 Å². The first kappa shape index (κ1) is 23.0. The lowest BCUT2D eigenvalue weighted by atomic mass is 10.1. The van der Waals surface area contributed by atoms with Crippen molar-refractivity contribution in [3.63, 3.8) is 0 Å². The molecule has 164 valence electrons. The van der Waals surface area contributed by atoms with Gasteiger partial charge in [0, 0.05) is 35.1 Å². The summed E-state index contributed by atoms with van der Waals surface area (Å²) in [5.41, 5.74) is 1.20. The van der Waals surface area contributed by atoms with Crippen LogP contribution in [0.2, 0.25) is 5.02 Å². The first-order valence-electron chi connectivity index (χ1n) is 9.67. The van der Waals surface area contributed by atoms with E-state index in [0.717, 1.165) is 5.56 Å². The molecule has 0 unspecified atom stereocenters. The molecule has 9 heteroatoms. The molecule has 7 nitrogen and oxygen atoms in total. The predicted octanol–water partition coefficient (Wildman–Crippen LogP) is 4.14. The van der Waals surface area contributed by atoms with Crippen molar-refractivity contribution < 1.29 is 22.4 Å². The van der Waals surface area contributed by atoms with Crippen LogP contribution < -0.4 is 5.63 Å². The monoisotopic (exact) mass is 463 g/mol. The van der Waals surface area contributed by atoms with Crippen molar-refractivity contribution in [2.45, 2.75) is 32.3 Å². The summed E-state index contributed by atoms with van der Waals surface area (Å²) in [7, 11) is -3.61. The van der Waals surface area contributed by atoms with E-state index in [1.165, 1.54) is 34.6 Å². The molecule has 1 aromatic heterocycles. The first-order valence-corrected chi connectivity index (χ1v) is 11.5. The molecule has 0 amide bonds. The molecule has 0 spiro atoms. The summed E-state index contributed by atoms with van der Waals surface area (Å²) in [5.74, 6) is -0.647. The number of fused-ring (bicyclic) bond motifs is 1. The second kappa shape index (κ2) is 9.21. The highest BCUT2D eigenvalue weighted by molar-refractivity contribution is 7.89. The van der Waals surface area contributed by atoms with E-state index in [1.807, 2.05) is 0 Å². The molecule has 0 N–H and O–H groups in total. The summed E-state index contributed by atoms with van der Waals surface area (Å²) in [6.45, 7) is 5.85. The van der Waals surface area contributed by atoms with Crippen LogP contribution in [0.25, 0.3) is 11.0 Å². The van der Waals surface area contributed by atoms with Gasteiger partial charge in [-0.1, -0.05) is 25.4 Å². The second-order valence-electron chi connectivity index (χ2n) is 6.88. The summed E-state index contributed by atoms with van der Waals surface area (Å²) in [4.78, 5) is 24.4. The Balaban J connectivity index is 1.80. The quantitative estimate of drug-likeness (QED) is 0.386. The van der Waals surface area contributed by atoms with Gasteiger partial charge in [0.1, 0.15) is 12.2 Å². The zero-order valence-corrected chi connectivity index (χ0v) is 18.9. The van der Waals surface area contributed by atoms with Crippen LogP contribution in [0.4, 0.5) is 0 Å². The summed E-state index contributed by atoms with van der Waals surface area (Å²) in [6.07, 6.45) is 0. The molecule has 0 saturated carbocycles. The number of carbonyl (C=O) groups excluding carboxylic acids is 1. The minimum absolute atomic E-state index is 0.101. The third-order valence-corrected chi connectivity index (χ3v) is 7.37. The third-order valence-electron chi connectivity index (χ3n) is 4.90. The van der Waals surface area contributed by atoms with Crippen LogP contribution >= 0.6 is 11.6 Å². The molecule has 0 aliphatic heterocycles. The van der Waals surface area contributed by atoms with Gasteiger partial charge in [0.25, 0.3) is 0 Å². The smallest absolute Gasteiger partial charge is 0.338 e. The number of hydrogen-bond donors (Lipinski definition) is 0. The highest BCUT2D eigenvalue weighted by Gasteiger charge is 2.22. The zero-order valence-electron chi connectivity index (χ0n) is 17.3. The van der Waals surface area contributed by atoms with E-state index in [2.05, 4.69) is 0 Å². The maximum Gasteiger partial charge on any atom is 0.338 e. The number of aryl methyl sites for hydroxylation is 1. The molecule has 0 fully saturated rings. The maximum absolute atomic E-state index is 12.6. The minimum Gasteiger partial charge on any atom is -0.457 e. The predicted molar refractivity (Wildman–Crippen MR) is 118 cm³/mol. The van der Waals surface area contributed by atoms with Crippen LogP contribution in [-0.4, -0.2) is 31.8 Å². The molecule has 0 saturated heterocycles. The molecule has 0 atom stereocenters. The Morgan fingerprint density at radius 1 is 1.10 bits per heavy atom. The van der Waals surface area contributed by atoms with Crippen molar-refractivity contribution in [1.82, 2.24) is 4.31 Å². The van der Waals surface area contributed by atoms with E-state index in [1.54, 1.807) is 32.9 Å². The number of nitrogens with zero attached hydrogens (tertiary/aromatic N) is 1. The van der Waals surface area contributed by atoms with Crippen molar-refractivity contribution in [3.8, 4) is 0 Å². The normalized spacial score (nSPS) is 11.8. The highest BCUT2D eigenvalue weighted by Crippen LogP contribution is 2.26. The van der Waals surface area contributed by atoms with Gasteiger partial charge < -0.3 is 9.15 Å². The number of hydrogen-bond acceptors (Lipinski definition) is 6. The Morgan fingerprint density at radius 3 is 2.35 bits per heavy atom. The minimum atomic E-state index is -3.61. The summed E-state index contributed by atoms with van der Waals surface area (Å²) >= 11 is 6.17. The molecule has 1 heterocycles. The van der Waals surface area contributed by atoms with Gasteiger partial charge in [0.2, 0.25) is 10.0 Å². The SMILES string of the molecule is CCN(CC)S(=O)(=O)c1ccc(C(=O)OCc2cc(=O)oc3cc(C)c(Cl)cc23)cc1. The number of esters is 1. The van der Waals surface area contributed by atoms with E-state index < -0.39 is 21.6 Å². The lowest BCUT2D eigenvalue weighted by molar-refractivity contribution is 0.0473. The zero-order chi connectivity index (χ0) is 22.8. The molecular formula is C22H22ClNO6S. The molecule has 0 radical (unpaired) electrons. The van der Waals surface area contributed by atoms with Gasteiger partial charge in [-0.2, -0.15) is 4.31 Å². The third kappa shape index (κ3) is 4.81. The molecule has 3 aromatic rings. The van der Waals surface area contributed by atoms with Crippen molar-refractivity contribution >= 4 is 38.6 Å². The number of ether oxygens (including phenoxy) is 1. The van der Waals surface area contributed by atoms with Crippen molar-refractivity contribution in [2.24, 2.45) is 0 Å². The standard InChI is InChI=1S/C22H22ClNO6S/c1-4-24(5-2)31(27,28)17-8-6-15(7-9-17)22(26)29-13-16-11-21(25)30-20-10-14(3)19(23)12-18(16)20/h6-12H,4-5,13H2,1-3H3. The maximum atomic E-state index is 12.6. The van der Waals surface area contributed by atoms with Crippen molar-refractivity contribution in [2.75, 3.05) is 13.1 Å². The number of benzene rings is 2. The molecule has 31 heavy (non-hydrogen) atoms. The fraction of sp³-hybridized carbons (Fsp3) is 0.273. The van der Waals surface area contributed by atoms with Gasteiger partial charge in [-0.25, -0.2) is 18.0 Å². The van der Waals surface area contributed by atoms with Crippen LogP contribution in [-0.2, 0) is 21.4 Å². The van der Waals surface area contributed by atoms with Crippen LogP contribution in [0.1, 0.15) is 35.3 Å². The fourth-order valence-electron chi connectivity index (χ4n) is 3.17. The molecule has 3 rings (SSSR count). The number of rotatable bonds is 7. The average molecular weight is 464 g/mol. The van der Waals surface area contributed by atoms with Crippen LogP contribution in [0.15, 0.2) is 56.6 Å². The van der Waals surface area contributed by atoms with E-state index in [9.17, 15) is 18.0 Å². The van der Waals surface area contributed by atoms with E-state index in [0.29, 0.717) is 34.6 Å². The highest BCUT2D eigenvalue weighted by atomic mass is 35.5. The number of halogens is 1. The van der Waals surface area contributed by atoms with Crippen LogP contribution in [0.3, 0.4) is 0 Å². The van der Waals surface area contributed by atoms with Crippen LogP contribution in [0.5, 0.6) is 0 Å². The average Bonchev–Trinajstić information content (AvgIpc) is 2.73. The molecular weight excluding hydrogens is 442 g/mol. The Kier molecular flexibility index (Phi) is 6.83. The molecule has 2 aromatic carbocycles. The second-order valence-corrected chi connectivity index (χ2v) is 9.22. The summed E-state index contributed by atoms with van der Waals surface area (Å²) in [6, 6.07) is 10.1. The fourth-order valence-corrected chi connectivity index (χ4v) is 4.79. The Morgan fingerprint density at radius 2 is 1.74 bits per heavy atom. The van der Waals surface area contributed by atoms with Crippen LogP contribution in [0, 0.1) is 6.92 Å².